The number of anilines is 1. The van der Waals surface area contributed by atoms with Crippen LogP contribution in [0.15, 0.2) is 46.2 Å². The fraction of sp³-hybridized carbons (Fsp3) is 0.158. The molecule has 128 valence electrons. The van der Waals surface area contributed by atoms with Gasteiger partial charge in [0, 0.05) is 11.8 Å². The third-order valence-electron chi connectivity index (χ3n) is 3.61. The second-order valence-corrected chi connectivity index (χ2v) is 6.61. The zero-order valence-electron chi connectivity index (χ0n) is 14.1. The molecule has 0 unspecified atom stereocenters. The summed E-state index contributed by atoms with van der Waals surface area (Å²) in [6, 6.07) is 11.2. The molecule has 0 spiro atoms. The number of esters is 1. The number of hydrogen-bond acceptors (Lipinski definition) is 5. The molecule has 1 aliphatic heterocycles. The first-order valence-corrected chi connectivity index (χ1v) is 8.46. The summed E-state index contributed by atoms with van der Waals surface area (Å²) >= 11 is 1.42. The monoisotopic (exact) mass is 355 g/mol. The van der Waals surface area contributed by atoms with Gasteiger partial charge in [-0.2, -0.15) is 0 Å². The van der Waals surface area contributed by atoms with Crippen LogP contribution in [0.25, 0.3) is 6.08 Å². The topological polar surface area (TPSA) is 64.6 Å². The van der Waals surface area contributed by atoms with Gasteiger partial charge in [0.25, 0.3) is 5.91 Å². The highest BCUT2D eigenvalue weighted by Crippen LogP contribution is 2.40. The molecule has 0 aromatic heterocycles. The number of carbonyl (C=O) groups excluding carboxylic acids is 2. The van der Waals surface area contributed by atoms with Crippen LogP contribution in [-0.2, 0) is 9.59 Å². The Morgan fingerprint density at radius 1 is 1.24 bits per heavy atom. The molecule has 2 aromatic rings. The van der Waals surface area contributed by atoms with Gasteiger partial charge in [0.05, 0.1) is 17.7 Å². The van der Waals surface area contributed by atoms with E-state index in [-0.39, 0.29) is 5.91 Å². The van der Waals surface area contributed by atoms with Crippen molar-refractivity contribution in [3.8, 4) is 11.5 Å². The Balaban J connectivity index is 1.97. The number of benzene rings is 2. The van der Waals surface area contributed by atoms with Crippen LogP contribution in [0.4, 0.5) is 5.69 Å². The number of fused-ring (bicyclic) bond motifs is 1. The van der Waals surface area contributed by atoms with Crippen LogP contribution in [0.5, 0.6) is 11.5 Å². The minimum absolute atomic E-state index is 0.149. The summed E-state index contributed by atoms with van der Waals surface area (Å²) in [5, 5.41) is 2.88. The van der Waals surface area contributed by atoms with Crippen LogP contribution in [0.3, 0.4) is 0 Å². The van der Waals surface area contributed by atoms with E-state index in [0.29, 0.717) is 16.4 Å². The maximum atomic E-state index is 12.3. The van der Waals surface area contributed by atoms with Gasteiger partial charge < -0.3 is 14.8 Å². The van der Waals surface area contributed by atoms with Gasteiger partial charge in [-0.1, -0.05) is 23.9 Å². The van der Waals surface area contributed by atoms with Crippen molar-refractivity contribution in [2.75, 3.05) is 12.4 Å². The Labute approximate surface area is 150 Å². The molecule has 0 radical (unpaired) electrons. The third kappa shape index (κ3) is 3.69. The first-order valence-electron chi connectivity index (χ1n) is 7.65. The van der Waals surface area contributed by atoms with Gasteiger partial charge in [-0.25, -0.2) is 0 Å². The molecule has 0 saturated carbocycles. The van der Waals surface area contributed by atoms with Crippen molar-refractivity contribution in [2.45, 2.75) is 18.7 Å². The van der Waals surface area contributed by atoms with Crippen LogP contribution in [0, 0.1) is 6.92 Å². The SMILES string of the molecule is COc1cc(/C=C2/Sc3ccccc3NC2=O)cc(C)c1OC(C)=O. The number of rotatable bonds is 3. The molecule has 1 amide bonds. The summed E-state index contributed by atoms with van der Waals surface area (Å²) in [4.78, 5) is 25.1. The normalized spacial score (nSPS) is 14.7. The summed E-state index contributed by atoms with van der Waals surface area (Å²) in [5.74, 6) is 0.280. The number of aryl methyl sites for hydroxylation is 1. The zero-order chi connectivity index (χ0) is 18.0. The fourth-order valence-electron chi connectivity index (χ4n) is 2.53. The Morgan fingerprint density at radius 3 is 2.72 bits per heavy atom. The Kier molecular flexibility index (Phi) is 4.81. The van der Waals surface area contributed by atoms with E-state index in [1.54, 1.807) is 12.1 Å². The molecule has 5 nitrogen and oxygen atoms in total. The van der Waals surface area contributed by atoms with Crippen molar-refractivity contribution >= 4 is 35.4 Å². The maximum absolute atomic E-state index is 12.3. The number of carbonyl (C=O) groups is 2. The first-order chi connectivity index (χ1) is 12.0. The second kappa shape index (κ2) is 7.03. The lowest BCUT2D eigenvalue weighted by Crippen LogP contribution is -2.17. The first kappa shape index (κ1) is 17.1. The summed E-state index contributed by atoms with van der Waals surface area (Å²) in [6.07, 6.45) is 1.79. The van der Waals surface area contributed by atoms with E-state index < -0.39 is 5.97 Å². The van der Waals surface area contributed by atoms with E-state index in [2.05, 4.69) is 5.32 Å². The van der Waals surface area contributed by atoms with Gasteiger partial charge in [-0.05, 0) is 48.4 Å². The fourth-order valence-corrected chi connectivity index (χ4v) is 3.48. The standard InChI is InChI=1S/C19H17NO4S/c1-11-8-13(9-15(23-3)18(11)24-12(2)21)10-17-19(22)20-14-6-4-5-7-16(14)25-17/h4-10H,1-3H3,(H,20,22)/b17-10+. The van der Waals surface area contributed by atoms with Gasteiger partial charge in [0.15, 0.2) is 11.5 Å². The van der Waals surface area contributed by atoms with Gasteiger partial charge in [0.2, 0.25) is 0 Å². The molecule has 0 atom stereocenters. The van der Waals surface area contributed by atoms with E-state index in [4.69, 9.17) is 9.47 Å². The smallest absolute Gasteiger partial charge is 0.308 e. The molecule has 2 aromatic carbocycles. The molecule has 0 fully saturated rings. The largest absolute Gasteiger partial charge is 0.493 e. The quantitative estimate of drug-likeness (QED) is 0.512. The number of thioether (sulfide) groups is 1. The van der Waals surface area contributed by atoms with E-state index in [1.165, 1.54) is 25.8 Å². The number of nitrogens with one attached hydrogen (secondary N) is 1. The lowest BCUT2D eigenvalue weighted by atomic mass is 10.1. The number of amides is 1. The highest BCUT2D eigenvalue weighted by molar-refractivity contribution is 8.04. The molecule has 0 bridgehead atoms. The number of hydrogen-bond donors (Lipinski definition) is 1. The molecular weight excluding hydrogens is 338 g/mol. The van der Waals surface area contributed by atoms with Crippen LogP contribution < -0.4 is 14.8 Å². The van der Waals surface area contributed by atoms with Crippen LogP contribution in [0.2, 0.25) is 0 Å². The number of methoxy groups -OCH3 is 1. The summed E-state index contributed by atoms with van der Waals surface area (Å²) in [6.45, 7) is 3.17. The molecule has 0 saturated heterocycles. The Morgan fingerprint density at radius 2 is 2.00 bits per heavy atom. The molecular formula is C19H17NO4S. The van der Waals surface area contributed by atoms with Gasteiger partial charge in [-0.15, -0.1) is 0 Å². The second-order valence-electron chi connectivity index (χ2n) is 5.52. The molecule has 25 heavy (non-hydrogen) atoms. The minimum Gasteiger partial charge on any atom is -0.493 e. The Bertz CT molecular complexity index is 889. The van der Waals surface area contributed by atoms with E-state index in [1.807, 2.05) is 37.3 Å². The highest BCUT2D eigenvalue weighted by Gasteiger charge is 2.21. The van der Waals surface area contributed by atoms with E-state index >= 15 is 0 Å². The number of para-hydroxylation sites is 1. The number of ether oxygens (including phenoxy) is 2. The van der Waals surface area contributed by atoms with Crippen LogP contribution in [-0.4, -0.2) is 19.0 Å². The average Bonchev–Trinajstić information content (AvgIpc) is 2.57. The van der Waals surface area contributed by atoms with Crippen molar-refractivity contribution < 1.29 is 19.1 Å². The molecule has 1 aliphatic rings. The molecule has 1 N–H and O–H groups in total. The molecule has 1 heterocycles. The third-order valence-corrected chi connectivity index (χ3v) is 4.70. The Hall–Kier alpha value is -2.73. The van der Waals surface area contributed by atoms with Gasteiger partial charge >= 0.3 is 5.97 Å². The van der Waals surface area contributed by atoms with Crippen molar-refractivity contribution in [3.63, 3.8) is 0 Å². The van der Waals surface area contributed by atoms with Gasteiger partial charge in [0.1, 0.15) is 0 Å². The van der Waals surface area contributed by atoms with Crippen molar-refractivity contribution in [3.05, 3.63) is 52.4 Å². The highest BCUT2D eigenvalue weighted by atomic mass is 32.2. The summed E-state index contributed by atoms with van der Waals surface area (Å²) in [7, 11) is 1.51. The maximum Gasteiger partial charge on any atom is 0.308 e. The van der Waals surface area contributed by atoms with Crippen molar-refractivity contribution in [2.24, 2.45) is 0 Å². The summed E-state index contributed by atoms with van der Waals surface area (Å²) < 4.78 is 10.5. The predicted molar refractivity (Wildman–Crippen MR) is 97.9 cm³/mol. The van der Waals surface area contributed by atoms with Crippen LogP contribution >= 0.6 is 11.8 Å². The van der Waals surface area contributed by atoms with Crippen molar-refractivity contribution in [1.29, 1.82) is 0 Å². The van der Waals surface area contributed by atoms with E-state index in [0.717, 1.165) is 21.7 Å². The summed E-state index contributed by atoms with van der Waals surface area (Å²) in [5.41, 5.74) is 2.36. The molecule has 3 rings (SSSR count). The van der Waals surface area contributed by atoms with Gasteiger partial charge in [-0.3, -0.25) is 9.59 Å². The zero-order valence-corrected chi connectivity index (χ0v) is 14.9. The lowest BCUT2D eigenvalue weighted by molar-refractivity contribution is -0.132. The average molecular weight is 355 g/mol. The van der Waals surface area contributed by atoms with Crippen LogP contribution in [0.1, 0.15) is 18.1 Å². The van der Waals surface area contributed by atoms with Crippen molar-refractivity contribution in [1.82, 2.24) is 0 Å². The predicted octanol–water partition coefficient (Wildman–Crippen LogP) is 4.01. The minimum atomic E-state index is -0.411. The molecule has 0 aliphatic carbocycles. The lowest BCUT2D eigenvalue weighted by Gasteiger charge is -2.18. The molecule has 6 heteroatoms. The van der Waals surface area contributed by atoms with E-state index in [9.17, 15) is 9.59 Å².